The maximum Gasteiger partial charge on any atom is 0.424 e. The van der Waals surface area contributed by atoms with Gasteiger partial charge in [0.2, 0.25) is 0 Å². The van der Waals surface area contributed by atoms with Crippen molar-refractivity contribution in [2.24, 2.45) is 11.8 Å². The predicted molar refractivity (Wildman–Crippen MR) is 46.3 cm³/mol. The molecule has 2 aliphatic carbocycles. The zero-order valence-electron chi connectivity index (χ0n) is 9.42. The minimum absolute atomic E-state index is 0.281. The largest absolute Gasteiger partial charge is 0.424 e. The summed E-state index contributed by atoms with van der Waals surface area (Å²) in [7, 11) is 0. The first-order valence-corrected chi connectivity index (χ1v) is 5.63. The third kappa shape index (κ3) is 2.41. The highest BCUT2D eigenvalue weighted by atomic mass is 19.3. The molecule has 1 nitrogen and oxygen atoms in total. The summed E-state index contributed by atoms with van der Waals surface area (Å²) in [4.78, 5) is 0. The Hall–Kier alpha value is -0.600. The second-order valence-electron chi connectivity index (χ2n) is 4.93. The van der Waals surface area contributed by atoms with Gasteiger partial charge in [-0.05, 0) is 25.7 Å². The standard InChI is InChI=1S/C10H10F8O/c11-7(12,5-1-2-5)9(15,16)19-10(17,18)8(13,14)6-3-4-6/h5-6H,1-4H2. The molecule has 0 bridgehead atoms. The van der Waals surface area contributed by atoms with Crippen LogP contribution in [-0.2, 0) is 4.74 Å². The van der Waals surface area contributed by atoms with Crippen molar-refractivity contribution in [2.45, 2.75) is 49.7 Å². The van der Waals surface area contributed by atoms with Gasteiger partial charge in [0, 0.05) is 11.8 Å². The summed E-state index contributed by atoms with van der Waals surface area (Å²) in [6.07, 6.45) is -12.4. The molecule has 0 aliphatic heterocycles. The summed E-state index contributed by atoms with van der Waals surface area (Å²) in [6.45, 7) is 0. The molecular weight excluding hydrogens is 288 g/mol. The highest BCUT2D eigenvalue weighted by Crippen LogP contribution is 2.57. The Morgan fingerprint density at radius 2 is 0.842 bits per heavy atom. The molecule has 2 fully saturated rings. The Morgan fingerprint density at radius 3 is 1.05 bits per heavy atom. The zero-order chi connectivity index (χ0) is 14.7. The molecule has 0 radical (unpaired) electrons. The molecule has 2 rings (SSSR count). The van der Waals surface area contributed by atoms with Gasteiger partial charge < -0.3 is 0 Å². The van der Waals surface area contributed by atoms with E-state index in [2.05, 4.69) is 4.74 Å². The monoisotopic (exact) mass is 298 g/mol. The molecule has 0 aromatic heterocycles. The first-order chi connectivity index (χ1) is 8.42. The lowest BCUT2D eigenvalue weighted by atomic mass is 10.2. The van der Waals surface area contributed by atoms with Gasteiger partial charge in [-0.25, -0.2) is 4.74 Å². The average Bonchev–Trinajstić information content (AvgIpc) is 3.07. The van der Waals surface area contributed by atoms with Crippen LogP contribution in [-0.4, -0.2) is 24.1 Å². The fraction of sp³-hybridized carbons (Fsp3) is 1.00. The number of alkyl halides is 8. The van der Waals surface area contributed by atoms with E-state index in [-0.39, 0.29) is 25.7 Å². The van der Waals surface area contributed by atoms with Crippen LogP contribution in [0.1, 0.15) is 25.7 Å². The Kier molecular flexibility index (Phi) is 3.08. The highest BCUT2D eigenvalue weighted by molar-refractivity contribution is 4.97. The van der Waals surface area contributed by atoms with E-state index in [1.807, 2.05) is 0 Å². The molecular formula is C10H10F8O. The molecule has 2 aliphatic rings. The summed E-state index contributed by atoms with van der Waals surface area (Å²) in [5.74, 6) is -13.4. The summed E-state index contributed by atoms with van der Waals surface area (Å²) in [5, 5.41) is 0. The van der Waals surface area contributed by atoms with Crippen LogP contribution in [0.15, 0.2) is 0 Å². The molecule has 0 aromatic carbocycles. The summed E-state index contributed by atoms with van der Waals surface area (Å²) >= 11 is 0. The van der Waals surface area contributed by atoms with Crippen LogP contribution in [0.25, 0.3) is 0 Å². The summed E-state index contributed by atoms with van der Waals surface area (Å²) in [6, 6.07) is 0. The number of hydrogen-bond acceptors (Lipinski definition) is 1. The van der Waals surface area contributed by atoms with Crippen LogP contribution in [0.4, 0.5) is 35.1 Å². The minimum Gasteiger partial charge on any atom is -0.246 e. The van der Waals surface area contributed by atoms with E-state index < -0.39 is 35.9 Å². The molecule has 19 heavy (non-hydrogen) atoms. The first-order valence-electron chi connectivity index (χ1n) is 5.63. The fourth-order valence-corrected chi connectivity index (χ4v) is 1.66. The van der Waals surface area contributed by atoms with E-state index in [1.165, 1.54) is 0 Å². The summed E-state index contributed by atoms with van der Waals surface area (Å²) in [5.41, 5.74) is 0. The quantitative estimate of drug-likeness (QED) is 0.665. The maximum absolute atomic E-state index is 13.1. The fourth-order valence-electron chi connectivity index (χ4n) is 1.66. The topological polar surface area (TPSA) is 9.23 Å². The van der Waals surface area contributed by atoms with Crippen molar-refractivity contribution in [1.82, 2.24) is 0 Å². The van der Waals surface area contributed by atoms with E-state index >= 15 is 0 Å². The van der Waals surface area contributed by atoms with Gasteiger partial charge in [0.15, 0.2) is 0 Å². The molecule has 0 saturated heterocycles. The molecule has 112 valence electrons. The molecule has 9 heteroatoms. The average molecular weight is 298 g/mol. The Morgan fingerprint density at radius 1 is 0.579 bits per heavy atom. The van der Waals surface area contributed by atoms with E-state index in [4.69, 9.17) is 0 Å². The van der Waals surface area contributed by atoms with Gasteiger partial charge in [0.05, 0.1) is 0 Å². The number of halogens is 8. The van der Waals surface area contributed by atoms with E-state index in [0.717, 1.165) is 0 Å². The maximum atomic E-state index is 13.1. The lowest BCUT2D eigenvalue weighted by Gasteiger charge is -2.33. The van der Waals surface area contributed by atoms with E-state index in [1.54, 1.807) is 0 Å². The Bertz CT molecular complexity index is 325. The van der Waals surface area contributed by atoms with Crippen molar-refractivity contribution in [3.05, 3.63) is 0 Å². The highest BCUT2D eigenvalue weighted by Gasteiger charge is 2.74. The van der Waals surface area contributed by atoms with E-state index in [9.17, 15) is 35.1 Å². The van der Waals surface area contributed by atoms with Crippen LogP contribution >= 0.6 is 0 Å². The molecule has 2 saturated carbocycles. The number of rotatable bonds is 6. The van der Waals surface area contributed by atoms with Crippen LogP contribution in [0.5, 0.6) is 0 Å². The first kappa shape index (κ1) is 14.8. The van der Waals surface area contributed by atoms with Gasteiger partial charge in [-0.1, -0.05) is 0 Å². The van der Waals surface area contributed by atoms with Gasteiger partial charge in [-0.15, -0.1) is 0 Å². The van der Waals surface area contributed by atoms with Crippen molar-refractivity contribution in [1.29, 1.82) is 0 Å². The van der Waals surface area contributed by atoms with Gasteiger partial charge >= 0.3 is 24.1 Å². The SMILES string of the molecule is FC(F)(OC(F)(F)C(F)(F)C1CC1)C(F)(F)C1CC1. The van der Waals surface area contributed by atoms with Crippen molar-refractivity contribution >= 4 is 0 Å². The molecule has 0 amide bonds. The smallest absolute Gasteiger partial charge is 0.246 e. The second-order valence-corrected chi connectivity index (χ2v) is 4.93. The zero-order valence-corrected chi connectivity index (χ0v) is 9.42. The van der Waals surface area contributed by atoms with Crippen LogP contribution < -0.4 is 0 Å². The van der Waals surface area contributed by atoms with Gasteiger partial charge in [-0.3, -0.25) is 0 Å². The molecule has 0 N–H and O–H groups in total. The van der Waals surface area contributed by atoms with Gasteiger partial charge in [0.25, 0.3) is 0 Å². The molecule has 0 unspecified atom stereocenters. The number of hydrogen-bond donors (Lipinski definition) is 0. The van der Waals surface area contributed by atoms with Crippen LogP contribution in [0, 0.1) is 11.8 Å². The van der Waals surface area contributed by atoms with Crippen LogP contribution in [0.3, 0.4) is 0 Å². The Balaban J connectivity index is 2.14. The molecule has 0 heterocycles. The van der Waals surface area contributed by atoms with Gasteiger partial charge in [0.1, 0.15) is 0 Å². The summed E-state index contributed by atoms with van der Waals surface area (Å²) < 4.78 is 107. The molecule has 0 spiro atoms. The molecule has 0 aromatic rings. The molecule has 0 atom stereocenters. The van der Waals surface area contributed by atoms with Crippen molar-refractivity contribution in [3.8, 4) is 0 Å². The lowest BCUT2D eigenvalue weighted by Crippen LogP contribution is -2.54. The van der Waals surface area contributed by atoms with Crippen molar-refractivity contribution in [2.75, 3.05) is 0 Å². The van der Waals surface area contributed by atoms with E-state index in [0.29, 0.717) is 0 Å². The predicted octanol–water partition coefficient (Wildman–Crippen LogP) is 4.28. The minimum atomic E-state index is -5.63. The van der Waals surface area contributed by atoms with Crippen molar-refractivity contribution < 1.29 is 39.9 Å². The second kappa shape index (κ2) is 3.95. The van der Waals surface area contributed by atoms with Crippen LogP contribution in [0.2, 0.25) is 0 Å². The Labute approximate surface area is 102 Å². The third-order valence-electron chi connectivity index (χ3n) is 3.21. The lowest BCUT2D eigenvalue weighted by molar-refractivity contribution is -0.472. The normalized spacial score (nSPS) is 22.7. The van der Waals surface area contributed by atoms with Gasteiger partial charge in [-0.2, -0.15) is 35.1 Å². The number of ether oxygens (including phenoxy) is 1. The third-order valence-corrected chi connectivity index (χ3v) is 3.21. The van der Waals surface area contributed by atoms with Crippen molar-refractivity contribution in [3.63, 3.8) is 0 Å².